The minimum absolute atomic E-state index is 0.547. The molecule has 0 aromatic rings. The lowest BCUT2D eigenvalue weighted by molar-refractivity contribution is 0.214. The molecule has 0 saturated carbocycles. The summed E-state index contributed by atoms with van der Waals surface area (Å²) >= 11 is 1.92. The SMILES string of the molecule is CCCN1CCC(N=C2NC(C)CC(C)S2)CC1. The Hall–Kier alpha value is -0.220. The van der Waals surface area contributed by atoms with Crippen molar-refractivity contribution in [2.75, 3.05) is 19.6 Å². The van der Waals surface area contributed by atoms with Crippen molar-refractivity contribution >= 4 is 16.9 Å². The molecule has 0 aromatic carbocycles. The van der Waals surface area contributed by atoms with Gasteiger partial charge in [-0.25, -0.2) is 0 Å². The second-order valence-electron chi connectivity index (χ2n) is 5.72. The van der Waals surface area contributed by atoms with E-state index in [0.717, 1.165) is 0 Å². The minimum atomic E-state index is 0.547. The maximum atomic E-state index is 4.93. The molecular weight excluding hydrogens is 242 g/mol. The molecule has 0 aromatic heterocycles. The number of likely N-dealkylation sites (tertiary alicyclic amines) is 1. The van der Waals surface area contributed by atoms with Gasteiger partial charge in [-0.1, -0.05) is 25.6 Å². The normalized spacial score (nSPS) is 33.6. The van der Waals surface area contributed by atoms with Gasteiger partial charge in [0.1, 0.15) is 0 Å². The molecule has 0 radical (unpaired) electrons. The molecule has 0 spiro atoms. The third-order valence-corrected chi connectivity index (χ3v) is 4.81. The number of piperidine rings is 1. The molecule has 3 nitrogen and oxygen atoms in total. The highest BCUT2D eigenvalue weighted by Gasteiger charge is 2.23. The Morgan fingerprint density at radius 1 is 1.33 bits per heavy atom. The van der Waals surface area contributed by atoms with Gasteiger partial charge >= 0.3 is 0 Å². The molecule has 2 atom stereocenters. The Labute approximate surface area is 116 Å². The molecule has 0 bridgehead atoms. The molecule has 0 amide bonds. The van der Waals surface area contributed by atoms with E-state index in [1.165, 1.54) is 50.5 Å². The smallest absolute Gasteiger partial charge is 0.157 e. The van der Waals surface area contributed by atoms with Crippen LogP contribution in [0.3, 0.4) is 0 Å². The zero-order valence-corrected chi connectivity index (χ0v) is 12.8. The van der Waals surface area contributed by atoms with Crippen LogP contribution in [0, 0.1) is 0 Å². The lowest BCUT2D eigenvalue weighted by Crippen LogP contribution is -2.40. The van der Waals surface area contributed by atoms with Crippen LogP contribution in [0.5, 0.6) is 0 Å². The van der Waals surface area contributed by atoms with Crippen molar-refractivity contribution in [3.8, 4) is 0 Å². The highest BCUT2D eigenvalue weighted by molar-refractivity contribution is 8.14. The van der Waals surface area contributed by atoms with E-state index in [9.17, 15) is 0 Å². The molecule has 4 heteroatoms. The van der Waals surface area contributed by atoms with Gasteiger partial charge in [-0.15, -0.1) is 0 Å². The van der Waals surface area contributed by atoms with E-state index in [4.69, 9.17) is 4.99 Å². The maximum absolute atomic E-state index is 4.93. The van der Waals surface area contributed by atoms with E-state index < -0.39 is 0 Å². The quantitative estimate of drug-likeness (QED) is 0.854. The summed E-state index contributed by atoms with van der Waals surface area (Å²) in [5, 5.41) is 5.43. The molecule has 18 heavy (non-hydrogen) atoms. The second-order valence-corrected chi connectivity index (χ2v) is 7.14. The number of nitrogens with one attached hydrogen (secondary N) is 1. The number of aliphatic imine (C=N–C) groups is 1. The monoisotopic (exact) mass is 269 g/mol. The van der Waals surface area contributed by atoms with Crippen LogP contribution in [-0.4, -0.2) is 47.0 Å². The van der Waals surface area contributed by atoms with Crippen molar-refractivity contribution in [1.82, 2.24) is 10.2 Å². The molecule has 2 heterocycles. The second kappa shape index (κ2) is 6.80. The highest BCUT2D eigenvalue weighted by atomic mass is 32.2. The first-order valence-corrected chi connectivity index (χ1v) is 8.28. The van der Waals surface area contributed by atoms with E-state index >= 15 is 0 Å². The third-order valence-electron chi connectivity index (χ3n) is 3.76. The lowest BCUT2D eigenvalue weighted by Gasteiger charge is -2.32. The molecular formula is C14H27N3S. The topological polar surface area (TPSA) is 27.6 Å². The summed E-state index contributed by atoms with van der Waals surface area (Å²) in [4.78, 5) is 7.51. The van der Waals surface area contributed by atoms with Crippen LogP contribution in [0.1, 0.15) is 46.5 Å². The first-order chi connectivity index (χ1) is 8.67. The Kier molecular flexibility index (Phi) is 5.37. The maximum Gasteiger partial charge on any atom is 0.157 e. The first kappa shape index (κ1) is 14.2. The van der Waals surface area contributed by atoms with Crippen LogP contribution in [-0.2, 0) is 0 Å². The number of thioether (sulfide) groups is 1. The molecule has 1 N–H and O–H groups in total. The molecule has 2 aliphatic rings. The van der Waals surface area contributed by atoms with Crippen molar-refractivity contribution in [3.05, 3.63) is 0 Å². The third kappa shape index (κ3) is 4.16. The van der Waals surface area contributed by atoms with E-state index in [0.29, 0.717) is 17.3 Å². The van der Waals surface area contributed by atoms with Gasteiger partial charge in [0.05, 0.1) is 6.04 Å². The summed E-state index contributed by atoms with van der Waals surface area (Å²) in [6, 6.07) is 1.13. The fraction of sp³-hybridized carbons (Fsp3) is 0.929. The summed E-state index contributed by atoms with van der Waals surface area (Å²) < 4.78 is 0. The van der Waals surface area contributed by atoms with Gasteiger partial charge in [0.2, 0.25) is 0 Å². The van der Waals surface area contributed by atoms with Gasteiger partial charge in [-0.05, 0) is 39.2 Å². The van der Waals surface area contributed by atoms with Gasteiger partial charge in [0.15, 0.2) is 5.17 Å². The largest absolute Gasteiger partial charge is 0.362 e. The molecule has 2 fully saturated rings. The average molecular weight is 269 g/mol. The molecule has 2 unspecified atom stereocenters. The summed E-state index contributed by atoms with van der Waals surface area (Å²) in [6.07, 6.45) is 4.98. The van der Waals surface area contributed by atoms with Crippen molar-refractivity contribution < 1.29 is 0 Å². The number of nitrogens with zero attached hydrogens (tertiary/aromatic N) is 2. The number of hydrogen-bond acceptors (Lipinski definition) is 3. The Morgan fingerprint density at radius 3 is 2.67 bits per heavy atom. The number of hydrogen-bond donors (Lipinski definition) is 1. The van der Waals surface area contributed by atoms with Gasteiger partial charge in [-0.2, -0.15) is 0 Å². The average Bonchev–Trinajstić information content (AvgIpc) is 2.31. The van der Waals surface area contributed by atoms with Crippen LogP contribution in [0.25, 0.3) is 0 Å². The summed E-state index contributed by atoms with van der Waals surface area (Å²) in [5.74, 6) is 0. The zero-order chi connectivity index (χ0) is 13.0. The fourth-order valence-corrected chi connectivity index (χ4v) is 4.11. The predicted molar refractivity (Wildman–Crippen MR) is 81.5 cm³/mol. The standard InChI is InChI=1S/C14H27N3S/c1-4-7-17-8-5-13(6-9-17)16-14-15-11(2)10-12(3)18-14/h11-13H,4-10H2,1-3H3,(H,15,16). The Bertz CT molecular complexity index is 273. The van der Waals surface area contributed by atoms with Gasteiger partial charge < -0.3 is 10.2 Å². The van der Waals surface area contributed by atoms with E-state index in [2.05, 4.69) is 31.0 Å². The number of amidine groups is 1. The molecule has 2 aliphatic heterocycles. The molecule has 104 valence electrons. The molecule has 2 saturated heterocycles. The van der Waals surface area contributed by atoms with Crippen LogP contribution in [0.2, 0.25) is 0 Å². The van der Waals surface area contributed by atoms with E-state index in [-0.39, 0.29) is 0 Å². The highest BCUT2D eigenvalue weighted by Crippen LogP contribution is 2.24. The molecule has 0 aliphatic carbocycles. The van der Waals surface area contributed by atoms with Crippen molar-refractivity contribution in [2.45, 2.75) is 63.8 Å². The summed E-state index contributed by atoms with van der Waals surface area (Å²) in [6.45, 7) is 10.5. The lowest BCUT2D eigenvalue weighted by atomic mass is 10.1. The summed E-state index contributed by atoms with van der Waals surface area (Å²) in [5.41, 5.74) is 0. The van der Waals surface area contributed by atoms with Crippen LogP contribution >= 0.6 is 11.8 Å². The van der Waals surface area contributed by atoms with Gasteiger partial charge in [0.25, 0.3) is 0 Å². The minimum Gasteiger partial charge on any atom is -0.362 e. The van der Waals surface area contributed by atoms with Crippen molar-refractivity contribution in [2.24, 2.45) is 4.99 Å². The molecule has 2 rings (SSSR count). The van der Waals surface area contributed by atoms with E-state index in [1.807, 2.05) is 11.8 Å². The zero-order valence-electron chi connectivity index (χ0n) is 12.0. The van der Waals surface area contributed by atoms with Crippen LogP contribution in [0.15, 0.2) is 4.99 Å². The van der Waals surface area contributed by atoms with Gasteiger partial charge in [-0.3, -0.25) is 4.99 Å². The van der Waals surface area contributed by atoms with Crippen LogP contribution < -0.4 is 5.32 Å². The van der Waals surface area contributed by atoms with E-state index in [1.54, 1.807) is 0 Å². The summed E-state index contributed by atoms with van der Waals surface area (Å²) in [7, 11) is 0. The fourth-order valence-electron chi connectivity index (χ4n) is 2.86. The Morgan fingerprint density at radius 2 is 2.06 bits per heavy atom. The van der Waals surface area contributed by atoms with Crippen molar-refractivity contribution in [1.29, 1.82) is 0 Å². The number of rotatable bonds is 3. The first-order valence-electron chi connectivity index (χ1n) is 7.40. The van der Waals surface area contributed by atoms with Crippen LogP contribution in [0.4, 0.5) is 0 Å². The van der Waals surface area contributed by atoms with Gasteiger partial charge in [0, 0.05) is 24.4 Å². The van der Waals surface area contributed by atoms with Crippen molar-refractivity contribution in [3.63, 3.8) is 0 Å². The predicted octanol–water partition coefficient (Wildman–Crippen LogP) is 2.72. The Balaban J connectivity index is 1.82.